The standard InChI is InChI=1S/C12H18N2O2/c1-10-7-11(9-13-8-10)12(16)14-5-3-2-4-6-15/h7-9,15H,2-6H2,1H3,(H,14,16). The Bertz CT molecular complexity index is 340. The highest BCUT2D eigenvalue weighted by Crippen LogP contribution is 2.01. The lowest BCUT2D eigenvalue weighted by atomic mass is 10.2. The molecule has 1 heterocycles. The van der Waals surface area contributed by atoms with Gasteiger partial charge in [-0.15, -0.1) is 0 Å². The molecule has 0 aliphatic heterocycles. The summed E-state index contributed by atoms with van der Waals surface area (Å²) in [6, 6.07) is 1.82. The Balaban J connectivity index is 2.30. The number of carbonyl (C=O) groups excluding carboxylic acids is 1. The third-order valence-corrected chi connectivity index (χ3v) is 2.26. The molecule has 0 radical (unpaired) electrons. The van der Waals surface area contributed by atoms with Crippen LogP contribution in [0.4, 0.5) is 0 Å². The molecule has 1 amide bonds. The molecule has 0 atom stereocenters. The quantitative estimate of drug-likeness (QED) is 0.713. The van der Waals surface area contributed by atoms with Crippen LogP contribution in [0.15, 0.2) is 18.5 Å². The second-order valence-corrected chi connectivity index (χ2v) is 3.79. The smallest absolute Gasteiger partial charge is 0.252 e. The van der Waals surface area contributed by atoms with E-state index in [9.17, 15) is 4.79 Å². The van der Waals surface area contributed by atoms with E-state index < -0.39 is 0 Å². The zero-order valence-electron chi connectivity index (χ0n) is 9.57. The van der Waals surface area contributed by atoms with Gasteiger partial charge in [-0.3, -0.25) is 9.78 Å². The van der Waals surface area contributed by atoms with E-state index >= 15 is 0 Å². The number of amides is 1. The number of hydrogen-bond acceptors (Lipinski definition) is 3. The number of aryl methyl sites for hydroxylation is 1. The molecule has 1 aromatic heterocycles. The maximum Gasteiger partial charge on any atom is 0.252 e. The summed E-state index contributed by atoms with van der Waals surface area (Å²) in [5.41, 5.74) is 1.58. The van der Waals surface area contributed by atoms with Crippen LogP contribution in [0, 0.1) is 6.92 Å². The molecule has 0 aliphatic carbocycles. The number of nitrogens with zero attached hydrogens (tertiary/aromatic N) is 1. The first-order valence-corrected chi connectivity index (χ1v) is 5.55. The van der Waals surface area contributed by atoms with Crippen LogP contribution in [0.25, 0.3) is 0 Å². The molecule has 16 heavy (non-hydrogen) atoms. The molecule has 4 heteroatoms. The zero-order valence-corrected chi connectivity index (χ0v) is 9.57. The third-order valence-electron chi connectivity index (χ3n) is 2.26. The van der Waals surface area contributed by atoms with Gasteiger partial charge in [0.2, 0.25) is 0 Å². The second-order valence-electron chi connectivity index (χ2n) is 3.79. The molecule has 0 saturated heterocycles. The lowest BCUT2D eigenvalue weighted by molar-refractivity contribution is 0.0952. The van der Waals surface area contributed by atoms with Crippen LogP contribution >= 0.6 is 0 Å². The summed E-state index contributed by atoms with van der Waals surface area (Å²) in [7, 11) is 0. The van der Waals surface area contributed by atoms with Crippen LogP contribution in [0.5, 0.6) is 0 Å². The number of unbranched alkanes of at least 4 members (excludes halogenated alkanes) is 2. The van der Waals surface area contributed by atoms with Gasteiger partial charge < -0.3 is 10.4 Å². The van der Waals surface area contributed by atoms with Crippen molar-refractivity contribution in [3.05, 3.63) is 29.6 Å². The molecule has 0 fully saturated rings. The molecule has 4 nitrogen and oxygen atoms in total. The van der Waals surface area contributed by atoms with Gasteiger partial charge in [-0.25, -0.2) is 0 Å². The Morgan fingerprint density at radius 1 is 1.38 bits per heavy atom. The first kappa shape index (κ1) is 12.6. The van der Waals surface area contributed by atoms with Crippen LogP contribution in [-0.2, 0) is 0 Å². The fraction of sp³-hybridized carbons (Fsp3) is 0.500. The summed E-state index contributed by atoms with van der Waals surface area (Å²) >= 11 is 0. The maximum absolute atomic E-state index is 11.6. The van der Waals surface area contributed by atoms with Gasteiger partial charge in [0.1, 0.15) is 0 Å². The molecule has 2 N–H and O–H groups in total. The highest BCUT2D eigenvalue weighted by atomic mass is 16.2. The third kappa shape index (κ3) is 4.40. The average molecular weight is 222 g/mol. The molecular weight excluding hydrogens is 204 g/mol. The van der Waals surface area contributed by atoms with Crippen molar-refractivity contribution in [3.63, 3.8) is 0 Å². The number of aliphatic hydroxyl groups is 1. The Labute approximate surface area is 95.7 Å². The van der Waals surface area contributed by atoms with Crippen LogP contribution in [0.1, 0.15) is 35.2 Å². The lowest BCUT2D eigenvalue weighted by Crippen LogP contribution is -2.24. The van der Waals surface area contributed by atoms with Gasteiger partial charge in [0.05, 0.1) is 5.56 Å². The number of nitrogens with one attached hydrogen (secondary N) is 1. The van der Waals surface area contributed by atoms with Gasteiger partial charge in [-0.05, 0) is 37.8 Å². The van der Waals surface area contributed by atoms with Gasteiger partial charge in [-0.2, -0.15) is 0 Å². The van der Waals surface area contributed by atoms with E-state index in [2.05, 4.69) is 10.3 Å². The monoisotopic (exact) mass is 222 g/mol. The van der Waals surface area contributed by atoms with Gasteiger partial charge >= 0.3 is 0 Å². The molecule has 0 unspecified atom stereocenters. The minimum atomic E-state index is -0.0831. The average Bonchev–Trinajstić information content (AvgIpc) is 2.28. The van der Waals surface area contributed by atoms with E-state index in [1.54, 1.807) is 12.4 Å². The van der Waals surface area contributed by atoms with E-state index in [1.807, 2.05) is 13.0 Å². The van der Waals surface area contributed by atoms with Crippen molar-refractivity contribution in [1.29, 1.82) is 0 Å². The number of rotatable bonds is 6. The van der Waals surface area contributed by atoms with Crippen molar-refractivity contribution in [3.8, 4) is 0 Å². The van der Waals surface area contributed by atoms with Crippen LogP contribution in [-0.4, -0.2) is 29.1 Å². The summed E-state index contributed by atoms with van der Waals surface area (Å²) in [4.78, 5) is 15.6. The molecule has 0 aromatic carbocycles. The predicted molar refractivity (Wildman–Crippen MR) is 62.2 cm³/mol. The van der Waals surface area contributed by atoms with Crippen molar-refractivity contribution >= 4 is 5.91 Å². The van der Waals surface area contributed by atoms with E-state index in [0.717, 1.165) is 24.8 Å². The summed E-state index contributed by atoms with van der Waals surface area (Å²) < 4.78 is 0. The minimum Gasteiger partial charge on any atom is -0.396 e. The molecule has 1 aromatic rings. The number of aromatic nitrogens is 1. The molecule has 0 aliphatic rings. The van der Waals surface area contributed by atoms with Gasteiger partial charge in [0.25, 0.3) is 5.91 Å². The highest BCUT2D eigenvalue weighted by molar-refractivity contribution is 5.93. The molecule has 1 rings (SSSR count). The number of aliphatic hydroxyl groups excluding tert-OH is 1. The summed E-state index contributed by atoms with van der Waals surface area (Å²) in [6.07, 6.45) is 5.91. The normalized spacial score (nSPS) is 10.1. The SMILES string of the molecule is Cc1cncc(C(=O)NCCCCCO)c1. The van der Waals surface area contributed by atoms with Crippen LogP contribution < -0.4 is 5.32 Å². The van der Waals surface area contributed by atoms with Gasteiger partial charge in [0.15, 0.2) is 0 Å². The van der Waals surface area contributed by atoms with Crippen molar-refractivity contribution < 1.29 is 9.90 Å². The van der Waals surface area contributed by atoms with Crippen LogP contribution in [0.3, 0.4) is 0 Å². The van der Waals surface area contributed by atoms with Gasteiger partial charge in [0, 0.05) is 25.5 Å². The van der Waals surface area contributed by atoms with Crippen molar-refractivity contribution in [2.24, 2.45) is 0 Å². The fourth-order valence-corrected chi connectivity index (χ4v) is 1.40. The largest absolute Gasteiger partial charge is 0.396 e. The Kier molecular flexibility index (Phi) is 5.50. The topological polar surface area (TPSA) is 62.2 Å². The Morgan fingerprint density at radius 3 is 2.88 bits per heavy atom. The first-order valence-electron chi connectivity index (χ1n) is 5.55. The molecule has 0 bridgehead atoms. The van der Waals surface area contributed by atoms with E-state index in [-0.39, 0.29) is 12.5 Å². The highest BCUT2D eigenvalue weighted by Gasteiger charge is 2.04. The van der Waals surface area contributed by atoms with E-state index in [1.165, 1.54) is 0 Å². The molecule has 88 valence electrons. The van der Waals surface area contributed by atoms with Crippen molar-refractivity contribution in [2.45, 2.75) is 26.2 Å². The first-order chi connectivity index (χ1) is 7.74. The number of carbonyl (C=O) groups is 1. The fourth-order valence-electron chi connectivity index (χ4n) is 1.40. The summed E-state index contributed by atoms with van der Waals surface area (Å²) in [5.74, 6) is -0.0831. The Hall–Kier alpha value is -1.42. The second kappa shape index (κ2) is 6.95. The molecule has 0 spiro atoms. The number of pyridine rings is 1. The molecular formula is C12H18N2O2. The lowest BCUT2D eigenvalue weighted by Gasteiger charge is -2.04. The molecule has 0 saturated carbocycles. The summed E-state index contributed by atoms with van der Waals surface area (Å²) in [5, 5.41) is 11.4. The Morgan fingerprint density at radius 2 is 2.19 bits per heavy atom. The predicted octanol–water partition coefficient (Wildman–Crippen LogP) is 1.28. The zero-order chi connectivity index (χ0) is 11.8. The van der Waals surface area contributed by atoms with Gasteiger partial charge in [-0.1, -0.05) is 0 Å². The van der Waals surface area contributed by atoms with Crippen molar-refractivity contribution in [2.75, 3.05) is 13.2 Å². The minimum absolute atomic E-state index is 0.0831. The van der Waals surface area contributed by atoms with Crippen LogP contribution in [0.2, 0.25) is 0 Å². The van der Waals surface area contributed by atoms with E-state index in [0.29, 0.717) is 12.1 Å². The number of hydrogen-bond donors (Lipinski definition) is 2. The summed E-state index contributed by atoms with van der Waals surface area (Å²) in [6.45, 7) is 2.77. The van der Waals surface area contributed by atoms with Crippen molar-refractivity contribution in [1.82, 2.24) is 10.3 Å². The maximum atomic E-state index is 11.6. The van der Waals surface area contributed by atoms with E-state index in [4.69, 9.17) is 5.11 Å².